The number of carbonyl (C=O) groups excluding carboxylic acids is 1. The molecule has 0 aliphatic carbocycles. The number of nitrogens with one attached hydrogen (secondary N) is 2. The smallest absolute Gasteiger partial charge is 0.357 e. The second-order valence-electron chi connectivity index (χ2n) is 6.16. The summed E-state index contributed by atoms with van der Waals surface area (Å²) in [5, 5.41) is 7.21. The summed E-state index contributed by atoms with van der Waals surface area (Å²) in [5.74, 6) is -0.111. The predicted molar refractivity (Wildman–Crippen MR) is 88.3 cm³/mol. The molecule has 0 unspecified atom stereocenters. The summed E-state index contributed by atoms with van der Waals surface area (Å²) >= 11 is 0. The van der Waals surface area contributed by atoms with E-state index in [1.807, 2.05) is 0 Å². The van der Waals surface area contributed by atoms with Gasteiger partial charge in [0, 0.05) is 36.0 Å². The highest BCUT2D eigenvalue weighted by Crippen LogP contribution is 2.33. The minimum Gasteiger partial charge on any atom is -0.357 e. The maximum Gasteiger partial charge on any atom is 0.416 e. The van der Waals surface area contributed by atoms with Crippen LogP contribution in [0, 0.1) is 0 Å². The van der Waals surface area contributed by atoms with Crippen LogP contribution in [0.25, 0.3) is 11.3 Å². The number of aromatic amines is 2. The summed E-state index contributed by atoms with van der Waals surface area (Å²) in [7, 11) is 0. The van der Waals surface area contributed by atoms with Crippen molar-refractivity contribution in [2.24, 2.45) is 0 Å². The summed E-state index contributed by atoms with van der Waals surface area (Å²) in [6.45, 7) is 0.916. The Kier molecular flexibility index (Phi) is 3.82. The number of nitrogens with zero attached hydrogens (tertiary/aromatic N) is 2. The second kappa shape index (κ2) is 6.05. The number of carbonyl (C=O) groups is 1. The molecule has 1 amide bonds. The van der Waals surface area contributed by atoms with E-state index in [2.05, 4.69) is 15.2 Å². The molecule has 0 spiro atoms. The molecule has 0 saturated carbocycles. The van der Waals surface area contributed by atoms with Gasteiger partial charge in [0.25, 0.3) is 5.91 Å². The van der Waals surface area contributed by atoms with Crippen LogP contribution in [-0.2, 0) is 19.1 Å². The molecule has 0 saturated heterocycles. The van der Waals surface area contributed by atoms with Gasteiger partial charge < -0.3 is 9.88 Å². The Morgan fingerprint density at radius 2 is 1.92 bits per heavy atom. The molecule has 2 aromatic heterocycles. The Labute approximate surface area is 146 Å². The molecule has 3 heterocycles. The molecule has 0 atom stereocenters. The van der Waals surface area contributed by atoms with Crippen molar-refractivity contribution in [3.63, 3.8) is 0 Å². The van der Waals surface area contributed by atoms with Gasteiger partial charge in [-0.3, -0.25) is 9.89 Å². The average molecular weight is 360 g/mol. The first-order valence-electron chi connectivity index (χ1n) is 8.10. The molecule has 0 bridgehead atoms. The number of aromatic nitrogens is 3. The van der Waals surface area contributed by atoms with Crippen LogP contribution in [0.1, 0.15) is 27.3 Å². The van der Waals surface area contributed by atoms with Crippen LogP contribution in [0.3, 0.4) is 0 Å². The summed E-state index contributed by atoms with van der Waals surface area (Å²) in [5.41, 5.74) is 2.73. The molecule has 2 N–H and O–H groups in total. The molecule has 8 heteroatoms. The Hall–Kier alpha value is -3.03. The zero-order chi connectivity index (χ0) is 18.3. The first-order valence-corrected chi connectivity index (χ1v) is 8.10. The van der Waals surface area contributed by atoms with Gasteiger partial charge in [0.15, 0.2) is 0 Å². The number of benzene rings is 1. The van der Waals surface area contributed by atoms with E-state index in [-0.39, 0.29) is 5.91 Å². The molecule has 1 aliphatic heterocycles. The molecule has 5 nitrogen and oxygen atoms in total. The highest BCUT2D eigenvalue weighted by atomic mass is 19.4. The van der Waals surface area contributed by atoms with Crippen molar-refractivity contribution < 1.29 is 18.0 Å². The van der Waals surface area contributed by atoms with Crippen molar-refractivity contribution in [1.82, 2.24) is 20.1 Å². The molecule has 1 aliphatic rings. The highest BCUT2D eigenvalue weighted by molar-refractivity contribution is 5.92. The SMILES string of the molecule is O=C(c1ccc[nH]1)N1CCc2[nH]nc(-c3ccc(C(F)(F)F)cc3)c2C1. The third-order valence-corrected chi connectivity index (χ3v) is 4.53. The minimum atomic E-state index is -4.37. The van der Waals surface area contributed by atoms with Crippen LogP contribution in [-0.4, -0.2) is 32.5 Å². The van der Waals surface area contributed by atoms with Crippen molar-refractivity contribution in [3.05, 3.63) is 65.1 Å². The monoisotopic (exact) mass is 360 g/mol. The second-order valence-corrected chi connectivity index (χ2v) is 6.16. The number of amides is 1. The topological polar surface area (TPSA) is 64.8 Å². The van der Waals surface area contributed by atoms with Crippen LogP contribution >= 0.6 is 0 Å². The van der Waals surface area contributed by atoms with E-state index in [0.717, 1.165) is 23.4 Å². The molecule has 0 radical (unpaired) electrons. The number of hydrogen-bond acceptors (Lipinski definition) is 2. The van der Waals surface area contributed by atoms with E-state index < -0.39 is 11.7 Å². The fraction of sp³-hybridized carbons (Fsp3) is 0.222. The number of alkyl halides is 3. The predicted octanol–water partition coefficient (Wildman–Crippen LogP) is 3.62. The van der Waals surface area contributed by atoms with E-state index in [1.165, 1.54) is 12.1 Å². The van der Waals surface area contributed by atoms with Crippen molar-refractivity contribution in [2.45, 2.75) is 19.1 Å². The Morgan fingerprint density at radius 1 is 1.15 bits per heavy atom. The van der Waals surface area contributed by atoms with Crippen molar-refractivity contribution >= 4 is 5.91 Å². The van der Waals surface area contributed by atoms with Gasteiger partial charge in [0.2, 0.25) is 0 Å². The molecule has 134 valence electrons. The lowest BCUT2D eigenvalue weighted by Crippen LogP contribution is -2.36. The van der Waals surface area contributed by atoms with Crippen LogP contribution in [0.2, 0.25) is 0 Å². The summed E-state index contributed by atoms with van der Waals surface area (Å²) in [6.07, 6.45) is -2.06. The van der Waals surface area contributed by atoms with E-state index in [1.54, 1.807) is 23.2 Å². The zero-order valence-electron chi connectivity index (χ0n) is 13.6. The van der Waals surface area contributed by atoms with E-state index >= 15 is 0 Å². The lowest BCUT2D eigenvalue weighted by atomic mass is 10.00. The number of fused-ring (bicyclic) bond motifs is 1. The molecule has 1 aromatic carbocycles. The number of rotatable bonds is 2. The summed E-state index contributed by atoms with van der Waals surface area (Å²) in [4.78, 5) is 17.1. The number of halogens is 3. The van der Waals surface area contributed by atoms with Gasteiger partial charge in [-0.25, -0.2) is 0 Å². The van der Waals surface area contributed by atoms with E-state index in [9.17, 15) is 18.0 Å². The number of hydrogen-bond donors (Lipinski definition) is 2. The molecule has 0 fully saturated rings. The first kappa shape index (κ1) is 16.4. The first-order chi connectivity index (χ1) is 12.4. The van der Waals surface area contributed by atoms with Gasteiger partial charge in [0.05, 0.1) is 17.8 Å². The maximum absolute atomic E-state index is 12.7. The lowest BCUT2D eigenvalue weighted by Gasteiger charge is -2.26. The molecule has 4 rings (SSSR count). The molecule has 26 heavy (non-hydrogen) atoms. The molecular weight excluding hydrogens is 345 g/mol. The highest BCUT2D eigenvalue weighted by Gasteiger charge is 2.31. The summed E-state index contributed by atoms with van der Waals surface area (Å²) < 4.78 is 38.2. The third kappa shape index (κ3) is 2.87. The van der Waals surface area contributed by atoms with Crippen molar-refractivity contribution in [3.8, 4) is 11.3 Å². The van der Waals surface area contributed by atoms with E-state index in [0.29, 0.717) is 36.5 Å². The summed E-state index contributed by atoms with van der Waals surface area (Å²) in [6, 6.07) is 8.37. The fourth-order valence-electron chi connectivity index (χ4n) is 3.16. The van der Waals surface area contributed by atoms with E-state index in [4.69, 9.17) is 0 Å². The maximum atomic E-state index is 12.7. The zero-order valence-corrected chi connectivity index (χ0v) is 13.6. The Morgan fingerprint density at radius 3 is 2.58 bits per heavy atom. The van der Waals surface area contributed by atoms with Gasteiger partial charge in [-0.2, -0.15) is 18.3 Å². The fourth-order valence-corrected chi connectivity index (χ4v) is 3.16. The van der Waals surface area contributed by atoms with Gasteiger partial charge in [0.1, 0.15) is 5.69 Å². The normalized spacial score (nSPS) is 14.3. The minimum absolute atomic E-state index is 0.111. The standard InChI is InChI=1S/C18H15F3N4O/c19-18(20,21)12-5-3-11(4-6-12)16-13-10-25(9-7-14(13)23-24-16)17(26)15-2-1-8-22-15/h1-6,8,22H,7,9-10H2,(H,23,24). The molecule has 3 aromatic rings. The molecular formula is C18H15F3N4O. The van der Waals surface area contributed by atoms with Crippen molar-refractivity contribution in [2.75, 3.05) is 6.54 Å². The number of H-pyrrole nitrogens is 2. The van der Waals surface area contributed by atoms with Crippen LogP contribution in [0.4, 0.5) is 13.2 Å². The van der Waals surface area contributed by atoms with Crippen molar-refractivity contribution in [1.29, 1.82) is 0 Å². The van der Waals surface area contributed by atoms with Gasteiger partial charge >= 0.3 is 6.18 Å². The van der Waals surface area contributed by atoms with Gasteiger partial charge in [-0.05, 0) is 24.3 Å². The quantitative estimate of drug-likeness (QED) is 0.733. The average Bonchev–Trinajstić information content (AvgIpc) is 3.30. The van der Waals surface area contributed by atoms with Gasteiger partial charge in [-0.15, -0.1) is 0 Å². The largest absolute Gasteiger partial charge is 0.416 e. The Balaban J connectivity index is 1.62. The van der Waals surface area contributed by atoms with Crippen LogP contribution in [0.15, 0.2) is 42.6 Å². The lowest BCUT2D eigenvalue weighted by molar-refractivity contribution is -0.137. The van der Waals surface area contributed by atoms with Crippen LogP contribution in [0.5, 0.6) is 0 Å². The van der Waals surface area contributed by atoms with Gasteiger partial charge in [-0.1, -0.05) is 12.1 Å². The van der Waals surface area contributed by atoms with Crippen LogP contribution < -0.4 is 0 Å². The third-order valence-electron chi connectivity index (χ3n) is 4.53. The Bertz CT molecular complexity index is 927.